The van der Waals surface area contributed by atoms with Gasteiger partial charge in [0.05, 0.1) is 24.4 Å². The van der Waals surface area contributed by atoms with Crippen LogP contribution in [-0.2, 0) is 0 Å². The van der Waals surface area contributed by atoms with Crippen molar-refractivity contribution in [3.05, 3.63) is 59.8 Å². The number of fused-ring (bicyclic) bond motifs is 1. The SMILES string of the molecule is COc1cccc2c(C(=O)NC3CC(Oc4cc(F)cc(F)c4)C3)cnn12. The van der Waals surface area contributed by atoms with E-state index in [2.05, 4.69) is 10.4 Å². The maximum atomic E-state index is 13.2. The highest BCUT2D eigenvalue weighted by Crippen LogP contribution is 2.27. The average molecular weight is 373 g/mol. The first-order valence-electron chi connectivity index (χ1n) is 8.48. The van der Waals surface area contributed by atoms with Crippen LogP contribution in [0.15, 0.2) is 42.6 Å². The fourth-order valence-corrected chi connectivity index (χ4v) is 3.15. The Morgan fingerprint density at radius 2 is 1.96 bits per heavy atom. The van der Waals surface area contributed by atoms with Gasteiger partial charge in [0.1, 0.15) is 23.5 Å². The minimum atomic E-state index is -0.683. The second kappa shape index (κ2) is 6.86. The summed E-state index contributed by atoms with van der Waals surface area (Å²) >= 11 is 0. The van der Waals surface area contributed by atoms with Gasteiger partial charge in [-0.1, -0.05) is 6.07 Å². The van der Waals surface area contributed by atoms with Crippen LogP contribution in [0.5, 0.6) is 11.6 Å². The fraction of sp³-hybridized carbons (Fsp3) is 0.263. The van der Waals surface area contributed by atoms with Crippen molar-refractivity contribution in [3.8, 4) is 11.6 Å². The molecule has 1 aliphatic carbocycles. The molecule has 2 heterocycles. The molecule has 6 nitrogen and oxygen atoms in total. The van der Waals surface area contributed by atoms with E-state index in [4.69, 9.17) is 9.47 Å². The summed E-state index contributed by atoms with van der Waals surface area (Å²) in [5, 5.41) is 7.11. The van der Waals surface area contributed by atoms with Crippen molar-refractivity contribution in [2.75, 3.05) is 7.11 Å². The van der Waals surface area contributed by atoms with Crippen LogP contribution in [0.3, 0.4) is 0 Å². The number of amides is 1. The van der Waals surface area contributed by atoms with Crippen LogP contribution in [0.1, 0.15) is 23.2 Å². The molecule has 0 unspecified atom stereocenters. The summed E-state index contributed by atoms with van der Waals surface area (Å²) in [5.41, 5.74) is 1.10. The standard InChI is InChI=1S/C19H17F2N3O3/c1-26-18-4-2-3-17-16(10-22-24(17)18)19(25)23-13-8-15(9-13)27-14-6-11(20)5-12(21)7-14/h2-7,10,13,15H,8-9H2,1H3,(H,23,25). The summed E-state index contributed by atoms with van der Waals surface area (Å²) in [6.45, 7) is 0. The lowest BCUT2D eigenvalue weighted by molar-refractivity contribution is 0.0699. The molecule has 0 saturated heterocycles. The number of halogens is 2. The number of nitrogens with zero attached hydrogens (tertiary/aromatic N) is 2. The molecule has 4 rings (SSSR count). The highest BCUT2D eigenvalue weighted by atomic mass is 19.1. The van der Waals surface area contributed by atoms with Gasteiger partial charge >= 0.3 is 0 Å². The number of nitrogens with one attached hydrogen (secondary N) is 1. The molecule has 1 aliphatic rings. The molecule has 0 radical (unpaired) electrons. The van der Waals surface area contributed by atoms with Crippen molar-refractivity contribution in [1.29, 1.82) is 0 Å². The highest BCUT2D eigenvalue weighted by molar-refractivity contribution is 6.00. The van der Waals surface area contributed by atoms with Crippen LogP contribution >= 0.6 is 0 Å². The minimum Gasteiger partial charge on any atom is -0.490 e. The molecule has 27 heavy (non-hydrogen) atoms. The summed E-state index contributed by atoms with van der Waals surface area (Å²) < 4.78 is 38.7. The van der Waals surface area contributed by atoms with E-state index in [0.717, 1.165) is 18.2 Å². The number of carbonyl (C=O) groups is 1. The Morgan fingerprint density at radius 3 is 2.67 bits per heavy atom. The normalized spacial score (nSPS) is 18.8. The van der Waals surface area contributed by atoms with Gasteiger partial charge in [-0.15, -0.1) is 0 Å². The van der Waals surface area contributed by atoms with Crippen molar-refractivity contribution < 1.29 is 23.0 Å². The van der Waals surface area contributed by atoms with Crippen LogP contribution in [0.25, 0.3) is 5.52 Å². The zero-order valence-corrected chi connectivity index (χ0v) is 14.5. The number of carbonyl (C=O) groups excluding carboxylic acids is 1. The second-order valence-electron chi connectivity index (χ2n) is 6.41. The third kappa shape index (κ3) is 3.42. The van der Waals surface area contributed by atoms with E-state index in [1.165, 1.54) is 13.3 Å². The van der Waals surface area contributed by atoms with Gasteiger partial charge < -0.3 is 14.8 Å². The predicted octanol–water partition coefficient (Wildman–Crippen LogP) is 2.96. The molecule has 0 atom stereocenters. The van der Waals surface area contributed by atoms with E-state index in [1.54, 1.807) is 22.7 Å². The molecule has 1 N–H and O–H groups in total. The van der Waals surface area contributed by atoms with Crippen molar-refractivity contribution >= 4 is 11.4 Å². The molecule has 1 saturated carbocycles. The smallest absolute Gasteiger partial charge is 0.255 e. The Labute approximate surface area is 153 Å². The number of methoxy groups -OCH3 is 1. The van der Waals surface area contributed by atoms with Gasteiger partial charge in [0.2, 0.25) is 5.88 Å². The number of hydrogen-bond acceptors (Lipinski definition) is 4. The maximum absolute atomic E-state index is 13.2. The van der Waals surface area contributed by atoms with E-state index in [0.29, 0.717) is 29.8 Å². The Hall–Kier alpha value is -3.16. The Balaban J connectivity index is 1.37. The number of rotatable bonds is 5. The van der Waals surface area contributed by atoms with Gasteiger partial charge in [0.25, 0.3) is 5.91 Å². The van der Waals surface area contributed by atoms with E-state index in [-0.39, 0.29) is 23.8 Å². The molecule has 0 bridgehead atoms. The van der Waals surface area contributed by atoms with Crippen molar-refractivity contribution in [3.63, 3.8) is 0 Å². The van der Waals surface area contributed by atoms with Gasteiger partial charge in [-0.05, 0) is 6.07 Å². The first-order valence-corrected chi connectivity index (χ1v) is 8.48. The molecule has 0 spiro atoms. The third-order valence-corrected chi connectivity index (χ3v) is 4.53. The lowest BCUT2D eigenvalue weighted by Crippen LogP contribution is -2.49. The quantitative estimate of drug-likeness (QED) is 0.747. The van der Waals surface area contributed by atoms with E-state index in [1.807, 2.05) is 0 Å². The van der Waals surface area contributed by atoms with Crippen LogP contribution in [-0.4, -0.2) is 34.8 Å². The van der Waals surface area contributed by atoms with E-state index in [9.17, 15) is 13.6 Å². The van der Waals surface area contributed by atoms with Crippen LogP contribution in [0.4, 0.5) is 8.78 Å². The Kier molecular flexibility index (Phi) is 4.39. The molecule has 1 amide bonds. The molecule has 140 valence electrons. The summed E-state index contributed by atoms with van der Waals surface area (Å²) in [4.78, 5) is 12.5. The Morgan fingerprint density at radius 1 is 1.22 bits per heavy atom. The number of pyridine rings is 1. The first-order chi connectivity index (χ1) is 13.0. The van der Waals surface area contributed by atoms with E-state index < -0.39 is 11.6 Å². The highest BCUT2D eigenvalue weighted by Gasteiger charge is 2.33. The van der Waals surface area contributed by atoms with Crippen LogP contribution in [0.2, 0.25) is 0 Å². The van der Waals surface area contributed by atoms with Gasteiger partial charge in [0, 0.05) is 43.1 Å². The minimum absolute atomic E-state index is 0.0681. The van der Waals surface area contributed by atoms with Crippen LogP contribution in [0, 0.1) is 11.6 Å². The molecule has 0 aliphatic heterocycles. The molecule has 3 aromatic rings. The first kappa shape index (κ1) is 17.3. The number of ether oxygens (including phenoxy) is 2. The molecular formula is C19H17F2N3O3. The maximum Gasteiger partial charge on any atom is 0.255 e. The summed E-state index contributed by atoms with van der Waals surface area (Å²) in [5.74, 6) is -0.920. The van der Waals surface area contributed by atoms with Gasteiger partial charge in [-0.2, -0.15) is 5.10 Å². The van der Waals surface area contributed by atoms with Crippen molar-refractivity contribution in [2.24, 2.45) is 0 Å². The van der Waals surface area contributed by atoms with Crippen molar-refractivity contribution in [2.45, 2.75) is 25.0 Å². The monoisotopic (exact) mass is 373 g/mol. The zero-order valence-electron chi connectivity index (χ0n) is 14.5. The van der Waals surface area contributed by atoms with Gasteiger partial charge in [-0.25, -0.2) is 13.3 Å². The molecular weight excluding hydrogens is 356 g/mol. The summed E-state index contributed by atoms with van der Waals surface area (Å²) in [7, 11) is 1.54. The van der Waals surface area contributed by atoms with Gasteiger partial charge in [-0.3, -0.25) is 4.79 Å². The number of hydrogen-bond donors (Lipinski definition) is 1. The number of benzene rings is 1. The molecule has 8 heteroatoms. The lowest BCUT2D eigenvalue weighted by Gasteiger charge is -2.35. The third-order valence-electron chi connectivity index (χ3n) is 4.53. The lowest BCUT2D eigenvalue weighted by atomic mass is 9.89. The largest absolute Gasteiger partial charge is 0.490 e. The molecule has 1 aromatic carbocycles. The fourth-order valence-electron chi connectivity index (χ4n) is 3.15. The summed E-state index contributed by atoms with van der Waals surface area (Å²) in [6.07, 6.45) is 2.43. The van der Waals surface area contributed by atoms with Crippen molar-refractivity contribution in [1.82, 2.24) is 14.9 Å². The van der Waals surface area contributed by atoms with E-state index >= 15 is 0 Å². The molecule has 1 fully saturated rings. The topological polar surface area (TPSA) is 64.9 Å². The number of aromatic nitrogens is 2. The predicted molar refractivity (Wildman–Crippen MR) is 93.0 cm³/mol. The second-order valence-corrected chi connectivity index (χ2v) is 6.41. The summed E-state index contributed by atoms with van der Waals surface area (Å²) in [6, 6.07) is 8.34. The average Bonchev–Trinajstić information content (AvgIpc) is 3.03. The van der Waals surface area contributed by atoms with Gasteiger partial charge in [0.15, 0.2) is 0 Å². The molecule has 2 aromatic heterocycles. The Bertz CT molecular complexity index is 979. The van der Waals surface area contributed by atoms with Crippen LogP contribution < -0.4 is 14.8 Å². The zero-order chi connectivity index (χ0) is 19.0.